The van der Waals surface area contributed by atoms with Gasteiger partial charge in [-0.15, -0.1) is 0 Å². The molecule has 0 fully saturated rings. The molecule has 0 radical (unpaired) electrons. The van der Waals surface area contributed by atoms with Gasteiger partial charge in [-0.1, -0.05) is 173 Å². The number of nitrogens with one attached hydrogen (secondary N) is 1. The van der Waals surface area contributed by atoms with Crippen LogP contribution in [0.5, 0.6) is 0 Å². The maximum Gasteiger partial charge on any atom is 0.472 e. The van der Waals surface area contributed by atoms with E-state index in [-0.39, 0.29) is 32.1 Å². The molecule has 0 bridgehead atoms. The second-order valence-corrected chi connectivity index (χ2v) is 16.1. The average molecular weight is 772 g/mol. The molecule has 312 valence electrons. The summed E-state index contributed by atoms with van der Waals surface area (Å²) in [7, 11) is -4.41. The van der Waals surface area contributed by atoms with Crippen molar-refractivity contribution in [2.24, 2.45) is 0 Å². The van der Waals surface area contributed by atoms with E-state index in [1.807, 2.05) is 0 Å². The highest BCUT2D eigenvalue weighted by molar-refractivity contribution is 7.47. The largest absolute Gasteiger partial charge is 0.472 e. The number of carbonyl (C=O) groups is 2. The lowest BCUT2D eigenvalue weighted by molar-refractivity contribution is -0.147. The first-order valence-electron chi connectivity index (χ1n) is 21.8. The highest BCUT2D eigenvalue weighted by Crippen LogP contribution is 2.42. The molecule has 1 amide bonds. The third-order valence-corrected chi connectivity index (χ3v) is 10.4. The predicted molar refractivity (Wildman–Crippen MR) is 220 cm³/mol. The van der Waals surface area contributed by atoms with Gasteiger partial charge in [0.2, 0.25) is 5.91 Å². The summed E-state index contributed by atoms with van der Waals surface area (Å²) in [6, 6.07) is 0. The Kier molecular flexibility index (Phi) is 39.0. The van der Waals surface area contributed by atoms with Crippen LogP contribution in [0.3, 0.4) is 0 Å². The molecule has 0 saturated carbocycles. The number of phosphoric acid groups is 1. The number of hydrogen-bond acceptors (Lipinski definition) is 7. The van der Waals surface area contributed by atoms with Gasteiger partial charge in [-0.25, -0.2) is 4.57 Å². The van der Waals surface area contributed by atoms with E-state index in [9.17, 15) is 24.2 Å². The third-order valence-electron chi connectivity index (χ3n) is 9.38. The molecular formula is C43H82NO8P. The zero-order valence-electron chi connectivity index (χ0n) is 34.2. The number of esters is 1. The second kappa shape index (κ2) is 40.2. The highest BCUT2D eigenvalue weighted by atomic mass is 31.2. The smallest absolute Gasteiger partial charge is 0.463 e. The van der Waals surface area contributed by atoms with Gasteiger partial charge >= 0.3 is 13.8 Å². The lowest BCUT2D eigenvalue weighted by Gasteiger charge is -2.15. The van der Waals surface area contributed by atoms with Crippen molar-refractivity contribution in [2.45, 2.75) is 213 Å². The molecule has 10 heteroatoms. The Morgan fingerprint density at radius 3 is 1.53 bits per heavy atom. The van der Waals surface area contributed by atoms with Crippen LogP contribution in [0.2, 0.25) is 0 Å². The summed E-state index contributed by atoms with van der Waals surface area (Å²) in [5, 5.41) is 12.7. The van der Waals surface area contributed by atoms with Crippen molar-refractivity contribution in [1.29, 1.82) is 0 Å². The minimum absolute atomic E-state index is 0.0833. The molecule has 9 nitrogen and oxygen atoms in total. The van der Waals surface area contributed by atoms with Crippen LogP contribution < -0.4 is 5.32 Å². The average Bonchev–Trinajstić information content (AvgIpc) is 3.14. The van der Waals surface area contributed by atoms with E-state index in [2.05, 4.69) is 43.5 Å². The van der Waals surface area contributed by atoms with Crippen molar-refractivity contribution in [1.82, 2.24) is 5.32 Å². The molecule has 0 spiro atoms. The first kappa shape index (κ1) is 51.5. The Hall–Kier alpha value is -1.51. The third kappa shape index (κ3) is 41.5. The van der Waals surface area contributed by atoms with E-state index in [1.54, 1.807) is 0 Å². The van der Waals surface area contributed by atoms with E-state index in [0.717, 1.165) is 64.2 Å². The van der Waals surface area contributed by atoms with Crippen molar-refractivity contribution in [3.05, 3.63) is 24.3 Å². The molecule has 0 aliphatic heterocycles. The van der Waals surface area contributed by atoms with Gasteiger partial charge < -0.3 is 20.1 Å². The number of unbranched alkanes of at least 4 members (excludes halogenated alkanes) is 24. The van der Waals surface area contributed by atoms with Crippen LogP contribution in [0.1, 0.15) is 206 Å². The molecule has 0 saturated heterocycles. The van der Waals surface area contributed by atoms with Crippen molar-refractivity contribution in [3.63, 3.8) is 0 Å². The number of ether oxygens (including phenoxy) is 1. The van der Waals surface area contributed by atoms with Crippen LogP contribution in [0.4, 0.5) is 0 Å². The highest BCUT2D eigenvalue weighted by Gasteiger charge is 2.23. The molecule has 53 heavy (non-hydrogen) atoms. The Morgan fingerprint density at radius 1 is 0.585 bits per heavy atom. The summed E-state index contributed by atoms with van der Waals surface area (Å²) >= 11 is 0. The first-order chi connectivity index (χ1) is 25.8. The van der Waals surface area contributed by atoms with Crippen LogP contribution in [0, 0.1) is 0 Å². The van der Waals surface area contributed by atoms with E-state index >= 15 is 0 Å². The number of phosphoric ester groups is 1. The lowest BCUT2D eigenvalue weighted by atomic mass is 10.0. The van der Waals surface area contributed by atoms with E-state index in [1.165, 1.54) is 116 Å². The summed E-state index contributed by atoms with van der Waals surface area (Å²) < 4.78 is 26.9. The Balaban J connectivity index is 3.60. The number of aliphatic hydroxyl groups excluding tert-OH is 1. The minimum atomic E-state index is -4.41. The fourth-order valence-electron chi connectivity index (χ4n) is 6.06. The maximum atomic E-state index is 12.1. The number of aliphatic hydroxyl groups is 1. The molecule has 2 unspecified atom stereocenters. The number of carbonyl (C=O) groups excluding carboxylic acids is 2. The van der Waals surface area contributed by atoms with Crippen LogP contribution in [0.25, 0.3) is 0 Å². The van der Waals surface area contributed by atoms with Crippen molar-refractivity contribution in [2.75, 3.05) is 26.4 Å². The Bertz CT molecular complexity index is 928. The second-order valence-electron chi connectivity index (χ2n) is 14.7. The molecule has 0 heterocycles. The van der Waals surface area contributed by atoms with Gasteiger partial charge in [0.1, 0.15) is 12.7 Å². The van der Waals surface area contributed by atoms with Crippen LogP contribution in [-0.2, 0) is 27.9 Å². The van der Waals surface area contributed by atoms with E-state index < -0.39 is 26.5 Å². The fraction of sp³-hybridized carbons (Fsp3) is 0.860. The summed E-state index contributed by atoms with van der Waals surface area (Å²) in [5.74, 6) is -0.524. The van der Waals surface area contributed by atoms with Crippen LogP contribution in [-0.4, -0.2) is 54.3 Å². The number of hydrogen-bond donors (Lipinski definition) is 3. The maximum absolute atomic E-state index is 12.1. The quantitative estimate of drug-likeness (QED) is 0.0242. The summed E-state index contributed by atoms with van der Waals surface area (Å²) in [6.07, 6.45) is 42.4. The fourth-order valence-corrected chi connectivity index (χ4v) is 6.81. The lowest BCUT2D eigenvalue weighted by Crippen LogP contribution is -2.27. The van der Waals surface area contributed by atoms with Gasteiger partial charge in [0.05, 0.1) is 13.2 Å². The van der Waals surface area contributed by atoms with Gasteiger partial charge in [0, 0.05) is 19.4 Å². The van der Waals surface area contributed by atoms with Crippen molar-refractivity contribution >= 4 is 19.7 Å². The Morgan fingerprint density at radius 2 is 1.02 bits per heavy atom. The molecule has 2 atom stereocenters. The molecule has 0 rings (SSSR count). The monoisotopic (exact) mass is 772 g/mol. The normalized spacial score (nSPS) is 13.5. The van der Waals surface area contributed by atoms with E-state index in [0.29, 0.717) is 6.42 Å². The van der Waals surface area contributed by atoms with Gasteiger partial charge in [-0.05, 0) is 44.9 Å². The summed E-state index contributed by atoms with van der Waals surface area (Å²) in [5.41, 5.74) is 0. The molecule has 0 aliphatic carbocycles. The van der Waals surface area contributed by atoms with Crippen LogP contribution in [0.15, 0.2) is 24.3 Å². The van der Waals surface area contributed by atoms with Gasteiger partial charge in [0.25, 0.3) is 0 Å². The SMILES string of the molecule is CCCCCC/C=C\C/C=C\CCCCCCCC(=O)OCC(O)COP(=O)(O)OCCNC(=O)CCCCCCCCCCCCCCCCCC. The van der Waals surface area contributed by atoms with Gasteiger partial charge in [-0.3, -0.25) is 18.6 Å². The predicted octanol–water partition coefficient (Wildman–Crippen LogP) is 12.0. The summed E-state index contributed by atoms with van der Waals surface area (Å²) in [6.45, 7) is 3.54. The van der Waals surface area contributed by atoms with Crippen LogP contribution >= 0.6 is 7.82 Å². The number of rotatable bonds is 41. The van der Waals surface area contributed by atoms with Gasteiger partial charge in [0.15, 0.2) is 0 Å². The first-order valence-corrected chi connectivity index (χ1v) is 23.3. The zero-order chi connectivity index (χ0) is 38.9. The molecule has 0 aromatic heterocycles. The molecule has 3 N–H and O–H groups in total. The standard InChI is InChI=1S/C43H82NO8P/c1-3-5-7-9-11-13-15-17-19-21-23-25-27-29-31-33-35-42(46)44-37-38-51-53(48,49)52-40-41(45)39-50-43(47)36-34-32-30-28-26-24-22-20-18-16-14-12-10-8-6-4-2/h14,16,20,22,41,45H,3-13,15,17-19,21,23-40H2,1-2H3,(H,44,46)(H,48,49)/b16-14-,22-20-. The zero-order valence-corrected chi connectivity index (χ0v) is 35.1. The Labute approximate surface area is 325 Å². The van der Waals surface area contributed by atoms with Crippen molar-refractivity contribution in [3.8, 4) is 0 Å². The topological polar surface area (TPSA) is 131 Å². The van der Waals surface area contributed by atoms with Gasteiger partial charge in [-0.2, -0.15) is 0 Å². The minimum Gasteiger partial charge on any atom is -0.463 e. The summed E-state index contributed by atoms with van der Waals surface area (Å²) in [4.78, 5) is 33.9. The molecule has 0 aromatic carbocycles. The number of allylic oxidation sites excluding steroid dienone is 4. The molecular weight excluding hydrogens is 689 g/mol. The molecule has 0 aliphatic rings. The van der Waals surface area contributed by atoms with E-state index in [4.69, 9.17) is 13.8 Å². The van der Waals surface area contributed by atoms with Crippen molar-refractivity contribution < 1.29 is 37.9 Å². The number of amides is 1. The molecule has 0 aromatic rings.